The topological polar surface area (TPSA) is 103 Å². The largest absolute Gasteiger partial charge is 0.493 e. The number of carbonyl (C=O) groups excluding carboxylic acids is 1. The third kappa shape index (κ3) is 3.39. The van der Waals surface area contributed by atoms with Gasteiger partial charge in [-0.3, -0.25) is 4.79 Å². The molecule has 0 saturated carbocycles. The molecule has 7 nitrogen and oxygen atoms in total. The molecule has 3 heterocycles. The number of H-pyrrole nitrogens is 1. The summed E-state index contributed by atoms with van der Waals surface area (Å²) in [7, 11) is 1.09. The van der Waals surface area contributed by atoms with E-state index in [4.69, 9.17) is 15.2 Å². The summed E-state index contributed by atoms with van der Waals surface area (Å²) in [5.41, 5.74) is 2.82. The molecule has 3 N–H and O–H groups in total. The molecule has 0 spiro atoms. The van der Waals surface area contributed by atoms with Crippen LogP contribution in [-0.2, 0) is 4.74 Å². The van der Waals surface area contributed by atoms with Crippen LogP contribution in [0.5, 0.6) is 5.75 Å². The number of alkyl halides is 3. The number of nitrogens with zero attached hydrogens (tertiary/aromatic N) is 2. The quantitative estimate of drug-likeness (QED) is 0.558. The minimum atomic E-state index is -4.79. The van der Waals surface area contributed by atoms with Gasteiger partial charge in [-0.2, -0.15) is 17.6 Å². The summed E-state index contributed by atoms with van der Waals surface area (Å²) < 4.78 is 81.1. The molecule has 33 heavy (non-hydrogen) atoms. The monoisotopic (exact) mass is 470 g/mol. The minimum absolute atomic E-state index is 0.0180. The highest BCUT2D eigenvalue weighted by Gasteiger charge is 2.65. The van der Waals surface area contributed by atoms with E-state index >= 15 is 0 Å². The van der Waals surface area contributed by atoms with E-state index < -0.39 is 53.0 Å². The van der Waals surface area contributed by atoms with Gasteiger partial charge in [-0.15, -0.1) is 0 Å². The van der Waals surface area contributed by atoms with Crippen LogP contribution >= 0.6 is 0 Å². The highest BCUT2D eigenvalue weighted by Crippen LogP contribution is 2.59. The van der Waals surface area contributed by atoms with E-state index in [0.29, 0.717) is 5.52 Å². The van der Waals surface area contributed by atoms with Crippen molar-refractivity contribution in [1.29, 1.82) is 0 Å². The van der Waals surface area contributed by atoms with E-state index in [0.717, 1.165) is 26.2 Å². The summed E-state index contributed by atoms with van der Waals surface area (Å²) >= 11 is 0. The van der Waals surface area contributed by atoms with Gasteiger partial charge in [0.15, 0.2) is 22.9 Å². The summed E-state index contributed by atoms with van der Waals surface area (Å²) in [5.74, 6) is -6.40. The van der Waals surface area contributed by atoms with E-state index in [9.17, 15) is 26.7 Å². The Bertz CT molecular complexity index is 1240. The molecule has 176 valence electrons. The zero-order valence-electron chi connectivity index (χ0n) is 17.6. The Labute approximate surface area is 184 Å². The summed E-state index contributed by atoms with van der Waals surface area (Å²) in [5, 5.41) is 0. The number of fused-ring (bicyclic) bond motifs is 1. The highest BCUT2D eigenvalue weighted by atomic mass is 19.4. The second kappa shape index (κ2) is 7.65. The number of imidazole rings is 1. The molecule has 1 saturated heterocycles. The van der Waals surface area contributed by atoms with Crippen LogP contribution in [0.3, 0.4) is 0 Å². The number of aromatic amines is 1. The van der Waals surface area contributed by atoms with Crippen LogP contribution in [0.15, 0.2) is 24.4 Å². The number of halogens is 5. The van der Waals surface area contributed by atoms with Gasteiger partial charge in [0, 0.05) is 23.6 Å². The van der Waals surface area contributed by atoms with Crippen molar-refractivity contribution in [1.82, 2.24) is 15.0 Å². The Balaban J connectivity index is 1.94. The number of primary amides is 1. The number of benzene rings is 1. The molecule has 0 aliphatic carbocycles. The number of ether oxygens (including phenoxy) is 2. The van der Waals surface area contributed by atoms with Crippen LogP contribution in [0.4, 0.5) is 22.0 Å². The fourth-order valence-electron chi connectivity index (χ4n) is 4.32. The first-order chi connectivity index (χ1) is 15.4. The number of rotatable bonds is 4. The molecule has 0 radical (unpaired) electrons. The van der Waals surface area contributed by atoms with Crippen molar-refractivity contribution < 1.29 is 36.2 Å². The van der Waals surface area contributed by atoms with Crippen molar-refractivity contribution in [3.8, 4) is 5.75 Å². The molecule has 2 aromatic heterocycles. The molecule has 3 aromatic rings. The average molecular weight is 470 g/mol. The van der Waals surface area contributed by atoms with Gasteiger partial charge in [0.2, 0.25) is 5.82 Å². The van der Waals surface area contributed by atoms with Crippen LogP contribution < -0.4 is 10.5 Å². The first kappa shape index (κ1) is 22.9. The lowest BCUT2D eigenvalue weighted by molar-refractivity contribution is -0.275. The molecule has 1 aliphatic heterocycles. The summed E-state index contributed by atoms with van der Waals surface area (Å²) in [6.45, 7) is 2.19. The molecule has 1 aromatic carbocycles. The Hall–Kier alpha value is -3.28. The zero-order valence-corrected chi connectivity index (χ0v) is 17.6. The Morgan fingerprint density at radius 2 is 1.97 bits per heavy atom. The number of methoxy groups -OCH3 is 1. The van der Waals surface area contributed by atoms with Gasteiger partial charge in [-0.05, 0) is 19.1 Å². The van der Waals surface area contributed by atoms with Crippen LogP contribution in [-0.4, -0.2) is 39.7 Å². The number of amides is 1. The SMILES string of the molecule is COc1c(C2C(C)[C@](C)(C(F)(F)F)O[C@H]2c2nc3c(C(N)=O)nccc3[nH]2)ccc(F)c1F. The van der Waals surface area contributed by atoms with Crippen molar-refractivity contribution in [3.05, 3.63) is 53.1 Å². The van der Waals surface area contributed by atoms with Gasteiger partial charge in [-0.25, -0.2) is 14.4 Å². The lowest BCUT2D eigenvalue weighted by Gasteiger charge is -2.32. The molecule has 1 amide bonds. The summed E-state index contributed by atoms with van der Waals surface area (Å²) in [4.78, 5) is 22.7. The van der Waals surface area contributed by atoms with Crippen LogP contribution in [0.1, 0.15) is 47.7 Å². The standard InChI is InChI=1S/C21H19F5N4O3/c1-8-12(9-4-5-10(22)13(23)16(9)32-3)17(33-20(8,2)21(24,25)26)19-29-11-6-7-28-15(18(27)31)14(11)30-19/h4-8,12,17H,1-3H3,(H2,27,31)(H,29,30)/t8?,12?,17-,20-/m1/s1. The lowest BCUT2D eigenvalue weighted by Crippen LogP contribution is -2.46. The maximum absolute atomic E-state index is 14.5. The van der Waals surface area contributed by atoms with E-state index in [-0.39, 0.29) is 22.6 Å². The molecule has 12 heteroatoms. The smallest absolute Gasteiger partial charge is 0.417 e. The number of hydrogen-bond acceptors (Lipinski definition) is 5. The Kier molecular flexibility index (Phi) is 5.31. The van der Waals surface area contributed by atoms with Crippen molar-refractivity contribution in [3.63, 3.8) is 0 Å². The molecule has 1 fully saturated rings. The number of nitrogens with two attached hydrogens (primary N) is 1. The summed E-state index contributed by atoms with van der Waals surface area (Å²) in [6, 6.07) is 3.44. The number of pyridine rings is 1. The summed E-state index contributed by atoms with van der Waals surface area (Å²) in [6.07, 6.45) is -4.88. The second-order valence-electron chi connectivity index (χ2n) is 7.98. The maximum Gasteiger partial charge on any atom is 0.417 e. The Morgan fingerprint density at radius 3 is 2.58 bits per heavy atom. The second-order valence-corrected chi connectivity index (χ2v) is 7.98. The lowest BCUT2D eigenvalue weighted by atomic mass is 9.77. The van der Waals surface area contributed by atoms with Crippen LogP contribution in [0, 0.1) is 17.6 Å². The van der Waals surface area contributed by atoms with E-state index in [1.807, 2.05) is 0 Å². The van der Waals surface area contributed by atoms with Gasteiger partial charge in [0.25, 0.3) is 5.91 Å². The number of hydrogen-bond donors (Lipinski definition) is 2. The van der Waals surface area contributed by atoms with Crippen molar-refractivity contribution in [2.45, 2.75) is 37.6 Å². The molecular formula is C21H19F5N4O3. The first-order valence-electron chi connectivity index (χ1n) is 9.81. The normalized spacial score (nSPS) is 25.5. The van der Waals surface area contributed by atoms with Crippen molar-refractivity contribution in [2.24, 2.45) is 11.7 Å². The molecule has 1 aliphatic rings. The number of nitrogens with one attached hydrogen (secondary N) is 1. The molecule has 4 rings (SSSR count). The van der Waals surface area contributed by atoms with Crippen LogP contribution in [0.2, 0.25) is 0 Å². The molecule has 4 atom stereocenters. The maximum atomic E-state index is 14.5. The molecule has 0 bridgehead atoms. The van der Waals surface area contributed by atoms with Gasteiger partial charge in [0.05, 0.1) is 12.6 Å². The predicted molar refractivity (Wildman–Crippen MR) is 106 cm³/mol. The fraction of sp³-hybridized carbons (Fsp3) is 0.381. The Morgan fingerprint density at radius 1 is 1.27 bits per heavy atom. The highest BCUT2D eigenvalue weighted by molar-refractivity contribution is 6.01. The van der Waals surface area contributed by atoms with E-state index in [1.165, 1.54) is 19.2 Å². The van der Waals surface area contributed by atoms with Gasteiger partial charge >= 0.3 is 6.18 Å². The fourth-order valence-corrected chi connectivity index (χ4v) is 4.32. The predicted octanol–water partition coefficient (Wildman–Crippen LogP) is 4.16. The third-order valence-corrected chi connectivity index (χ3v) is 6.23. The van der Waals surface area contributed by atoms with Gasteiger partial charge < -0.3 is 20.2 Å². The van der Waals surface area contributed by atoms with Gasteiger partial charge in [0.1, 0.15) is 17.4 Å². The average Bonchev–Trinajstić information content (AvgIpc) is 3.29. The van der Waals surface area contributed by atoms with E-state index in [2.05, 4.69) is 15.0 Å². The third-order valence-electron chi connectivity index (χ3n) is 6.23. The number of aromatic nitrogens is 3. The molecule has 2 unspecified atom stereocenters. The zero-order chi connectivity index (χ0) is 24.3. The van der Waals surface area contributed by atoms with Crippen molar-refractivity contribution >= 4 is 16.9 Å². The first-order valence-corrected chi connectivity index (χ1v) is 9.81. The molecular weight excluding hydrogens is 451 g/mol. The van der Waals surface area contributed by atoms with Gasteiger partial charge in [-0.1, -0.05) is 13.0 Å². The van der Waals surface area contributed by atoms with Crippen molar-refractivity contribution in [2.75, 3.05) is 7.11 Å². The number of carbonyl (C=O) groups is 1. The van der Waals surface area contributed by atoms with Crippen LogP contribution in [0.25, 0.3) is 11.0 Å². The van der Waals surface area contributed by atoms with E-state index in [1.54, 1.807) is 0 Å². The minimum Gasteiger partial charge on any atom is -0.493 e.